The van der Waals surface area contributed by atoms with Gasteiger partial charge in [0.15, 0.2) is 0 Å². The minimum absolute atomic E-state index is 0.0398. The third kappa shape index (κ3) is 3.49. The summed E-state index contributed by atoms with van der Waals surface area (Å²) in [5.41, 5.74) is 8.40. The zero-order valence-electron chi connectivity index (χ0n) is 9.94. The molecule has 0 saturated carbocycles. The molecule has 0 radical (unpaired) electrons. The van der Waals surface area contributed by atoms with Crippen LogP contribution in [0.2, 0.25) is 10.0 Å². The number of benzene rings is 2. The molecule has 3 heteroatoms. The molecule has 94 valence electrons. The molecule has 0 spiro atoms. The molecule has 0 aliphatic heterocycles. The molecule has 2 aromatic carbocycles. The highest BCUT2D eigenvalue weighted by Gasteiger charge is 2.07. The average Bonchev–Trinajstić information content (AvgIpc) is 2.38. The molecule has 0 aliphatic carbocycles. The van der Waals surface area contributed by atoms with Crippen LogP contribution in [0.5, 0.6) is 0 Å². The van der Waals surface area contributed by atoms with Gasteiger partial charge in [-0.25, -0.2) is 0 Å². The summed E-state index contributed by atoms with van der Waals surface area (Å²) in [6, 6.07) is 15.7. The standard InChI is InChI=1S/C15H15Cl2N/c16-13-8-6-11(14(17)10-13)7-9-15(18)12-4-2-1-3-5-12/h1-6,8,10,15H,7,9,18H2. The smallest absolute Gasteiger partial charge is 0.0452 e. The van der Waals surface area contributed by atoms with Crippen LogP contribution in [-0.2, 0) is 6.42 Å². The molecule has 0 amide bonds. The Hall–Kier alpha value is -1.02. The van der Waals surface area contributed by atoms with E-state index in [9.17, 15) is 0 Å². The number of rotatable bonds is 4. The molecule has 0 aromatic heterocycles. The third-order valence-corrected chi connectivity index (χ3v) is 3.55. The maximum atomic E-state index is 6.15. The zero-order chi connectivity index (χ0) is 13.0. The molecule has 1 unspecified atom stereocenters. The number of nitrogens with two attached hydrogens (primary N) is 1. The quantitative estimate of drug-likeness (QED) is 0.868. The summed E-state index contributed by atoms with van der Waals surface area (Å²) in [6.07, 6.45) is 1.72. The van der Waals surface area contributed by atoms with Crippen LogP contribution in [-0.4, -0.2) is 0 Å². The van der Waals surface area contributed by atoms with Crippen LogP contribution in [0.25, 0.3) is 0 Å². The Balaban J connectivity index is 1.99. The largest absolute Gasteiger partial charge is 0.324 e. The van der Waals surface area contributed by atoms with Crippen molar-refractivity contribution in [2.45, 2.75) is 18.9 Å². The Kier molecular flexibility index (Phi) is 4.65. The fourth-order valence-corrected chi connectivity index (χ4v) is 2.41. The molecule has 0 saturated heterocycles. The van der Waals surface area contributed by atoms with Crippen molar-refractivity contribution in [3.05, 3.63) is 69.7 Å². The number of aryl methyl sites for hydroxylation is 1. The van der Waals surface area contributed by atoms with Gasteiger partial charge >= 0.3 is 0 Å². The summed E-state index contributed by atoms with van der Waals surface area (Å²) in [4.78, 5) is 0. The molecule has 0 heterocycles. The molecule has 0 aliphatic rings. The highest BCUT2D eigenvalue weighted by Crippen LogP contribution is 2.24. The van der Waals surface area contributed by atoms with Crippen molar-refractivity contribution in [1.29, 1.82) is 0 Å². The van der Waals surface area contributed by atoms with Gasteiger partial charge in [0.05, 0.1) is 0 Å². The molecule has 2 N–H and O–H groups in total. The summed E-state index contributed by atoms with van der Waals surface area (Å²) < 4.78 is 0. The maximum absolute atomic E-state index is 6.15. The minimum atomic E-state index is 0.0398. The lowest BCUT2D eigenvalue weighted by atomic mass is 10.00. The Morgan fingerprint density at radius 2 is 1.72 bits per heavy atom. The zero-order valence-corrected chi connectivity index (χ0v) is 11.5. The van der Waals surface area contributed by atoms with E-state index in [0.717, 1.165) is 24.0 Å². The Morgan fingerprint density at radius 1 is 1.00 bits per heavy atom. The second-order valence-electron chi connectivity index (χ2n) is 4.29. The summed E-state index contributed by atoms with van der Waals surface area (Å²) >= 11 is 12.0. The molecule has 0 bridgehead atoms. The first-order valence-corrected chi connectivity index (χ1v) is 6.67. The van der Waals surface area contributed by atoms with Gasteiger partial charge in [0.25, 0.3) is 0 Å². The molecular formula is C15H15Cl2N. The third-order valence-electron chi connectivity index (χ3n) is 2.97. The van der Waals surface area contributed by atoms with Crippen LogP contribution >= 0.6 is 23.2 Å². The molecule has 0 fully saturated rings. The number of hydrogen-bond donors (Lipinski definition) is 1. The Bertz CT molecular complexity index is 511. The lowest BCUT2D eigenvalue weighted by Gasteiger charge is -2.12. The molecule has 1 atom stereocenters. The SMILES string of the molecule is NC(CCc1ccc(Cl)cc1Cl)c1ccccc1. The van der Waals surface area contributed by atoms with Crippen LogP contribution in [0.15, 0.2) is 48.5 Å². The fourth-order valence-electron chi connectivity index (χ4n) is 1.90. The molecule has 1 nitrogen and oxygen atoms in total. The van der Waals surface area contributed by atoms with Gasteiger partial charge in [-0.05, 0) is 36.1 Å². The van der Waals surface area contributed by atoms with E-state index >= 15 is 0 Å². The Morgan fingerprint density at radius 3 is 2.39 bits per heavy atom. The topological polar surface area (TPSA) is 26.0 Å². The van der Waals surface area contributed by atoms with Crippen molar-refractivity contribution in [3.63, 3.8) is 0 Å². The first-order chi connectivity index (χ1) is 8.66. The van der Waals surface area contributed by atoms with Crippen molar-refractivity contribution in [2.24, 2.45) is 5.73 Å². The van der Waals surface area contributed by atoms with Gasteiger partial charge < -0.3 is 5.73 Å². The van der Waals surface area contributed by atoms with Crippen LogP contribution in [0.1, 0.15) is 23.6 Å². The second kappa shape index (κ2) is 6.24. The van der Waals surface area contributed by atoms with E-state index in [1.165, 1.54) is 0 Å². The van der Waals surface area contributed by atoms with Crippen LogP contribution in [0, 0.1) is 0 Å². The number of halogens is 2. The summed E-state index contributed by atoms with van der Waals surface area (Å²) in [7, 11) is 0. The van der Waals surface area contributed by atoms with E-state index < -0.39 is 0 Å². The Labute approximate surface area is 118 Å². The minimum Gasteiger partial charge on any atom is -0.324 e. The van der Waals surface area contributed by atoms with Crippen molar-refractivity contribution < 1.29 is 0 Å². The van der Waals surface area contributed by atoms with Gasteiger partial charge in [-0.1, -0.05) is 59.6 Å². The second-order valence-corrected chi connectivity index (χ2v) is 5.14. The fraction of sp³-hybridized carbons (Fsp3) is 0.200. The van der Waals surface area contributed by atoms with Gasteiger partial charge in [-0.15, -0.1) is 0 Å². The summed E-state index contributed by atoms with van der Waals surface area (Å²) in [5, 5.41) is 1.37. The normalized spacial score (nSPS) is 12.4. The van der Waals surface area contributed by atoms with Gasteiger partial charge in [0, 0.05) is 16.1 Å². The van der Waals surface area contributed by atoms with E-state index in [1.54, 1.807) is 6.07 Å². The maximum Gasteiger partial charge on any atom is 0.0452 e. The first kappa shape index (κ1) is 13.4. The van der Waals surface area contributed by atoms with E-state index in [4.69, 9.17) is 28.9 Å². The van der Waals surface area contributed by atoms with E-state index in [1.807, 2.05) is 42.5 Å². The number of hydrogen-bond acceptors (Lipinski definition) is 1. The van der Waals surface area contributed by atoms with Gasteiger partial charge in [-0.2, -0.15) is 0 Å². The van der Waals surface area contributed by atoms with Crippen LogP contribution in [0.3, 0.4) is 0 Å². The lowest BCUT2D eigenvalue weighted by Crippen LogP contribution is -2.11. The molecule has 2 aromatic rings. The predicted octanol–water partition coefficient (Wildman–Crippen LogP) is 4.63. The highest BCUT2D eigenvalue weighted by atomic mass is 35.5. The van der Waals surface area contributed by atoms with Crippen LogP contribution in [0.4, 0.5) is 0 Å². The lowest BCUT2D eigenvalue weighted by molar-refractivity contribution is 0.651. The van der Waals surface area contributed by atoms with Gasteiger partial charge in [0.2, 0.25) is 0 Å². The van der Waals surface area contributed by atoms with E-state index in [2.05, 4.69) is 0 Å². The van der Waals surface area contributed by atoms with Crippen molar-refractivity contribution in [2.75, 3.05) is 0 Å². The molecular weight excluding hydrogens is 265 g/mol. The predicted molar refractivity (Wildman–Crippen MR) is 78.2 cm³/mol. The molecule has 18 heavy (non-hydrogen) atoms. The van der Waals surface area contributed by atoms with Crippen LogP contribution < -0.4 is 5.73 Å². The van der Waals surface area contributed by atoms with Gasteiger partial charge in [-0.3, -0.25) is 0 Å². The first-order valence-electron chi connectivity index (χ1n) is 5.91. The molecule has 2 rings (SSSR count). The van der Waals surface area contributed by atoms with E-state index in [0.29, 0.717) is 10.0 Å². The van der Waals surface area contributed by atoms with Gasteiger partial charge in [0.1, 0.15) is 0 Å². The van der Waals surface area contributed by atoms with Crippen molar-refractivity contribution in [1.82, 2.24) is 0 Å². The van der Waals surface area contributed by atoms with Crippen molar-refractivity contribution >= 4 is 23.2 Å². The highest BCUT2D eigenvalue weighted by molar-refractivity contribution is 6.35. The summed E-state index contributed by atoms with van der Waals surface area (Å²) in [6.45, 7) is 0. The van der Waals surface area contributed by atoms with E-state index in [-0.39, 0.29) is 6.04 Å². The summed E-state index contributed by atoms with van der Waals surface area (Å²) in [5.74, 6) is 0. The average molecular weight is 280 g/mol. The monoisotopic (exact) mass is 279 g/mol. The van der Waals surface area contributed by atoms with Crippen molar-refractivity contribution in [3.8, 4) is 0 Å².